The van der Waals surface area contributed by atoms with Crippen LogP contribution in [-0.4, -0.2) is 67.0 Å². The van der Waals surface area contributed by atoms with Gasteiger partial charge in [-0.1, -0.05) is 33.6 Å². The molecule has 6 atom stereocenters. The highest BCUT2D eigenvalue weighted by Gasteiger charge is 2.76. The highest BCUT2D eigenvalue weighted by Crippen LogP contribution is 2.66. The standard InChI is InChI=1S/C29H21Br3Cl2N2O8/c1-44-17-8-15(20(31)21(32)22(17)37)19-13-5-6-14-18(16(13)9-28(33)26(42)35(10-30)27(43)29(19,28)34)24(39)36(23(14)38)12-4-2-3-11(7-12)25(40)41/h2-5,7-8,14,16,18-19,37H,6,9-10H2,1H3,(H,40,41)/t14-,16+,18-,19+,28+,29-/m0/s1. The molecule has 2 heterocycles. The molecule has 4 aliphatic rings. The fraction of sp³-hybridized carbons (Fsp3) is 0.345. The Balaban J connectivity index is 1.55. The average Bonchev–Trinajstić information content (AvgIpc) is 3.34. The molecule has 0 aromatic heterocycles. The van der Waals surface area contributed by atoms with E-state index in [-0.39, 0.29) is 45.5 Å². The fourth-order valence-electron chi connectivity index (χ4n) is 7.11. The number of ether oxygens (including phenoxy) is 1. The summed E-state index contributed by atoms with van der Waals surface area (Å²) in [7, 11) is 1.35. The van der Waals surface area contributed by atoms with Crippen molar-refractivity contribution in [2.24, 2.45) is 17.8 Å². The zero-order valence-electron chi connectivity index (χ0n) is 22.5. The molecule has 0 spiro atoms. The highest BCUT2D eigenvalue weighted by atomic mass is 79.9. The molecule has 2 aliphatic heterocycles. The Kier molecular flexibility index (Phi) is 7.76. The number of likely N-dealkylation sites (tertiary alicyclic amines) is 1. The summed E-state index contributed by atoms with van der Waals surface area (Å²) < 4.78 is 5.91. The van der Waals surface area contributed by atoms with Crippen molar-refractivity contribution in [3.63, 3.8) is 0 Å². The molecule has 0 unspecified atom stereocenters. The van der Waals surface area contributed by atoms with Gasteiger partial charge in [-0.15, -0.1) is 23.2 Å². The number of benzene rings is 2. The molecule has 3 fully saturated rings. The number of carboxylic acids is 1. The second-order valence-corrected chi connectivity index (χ2v) is 14.3. The molecule has 44 heavy (non-hydrogen) atoms. The van der Waals surface area contributed by atoms with E-state index in [4.69, 9.17) is 27.9 Å². The Bertz CT molecular complexity index is 1740. The average molecular weight is 836 g/mol. The van der Waals surface area contributed by atoms with Crippen LogP contribution in [0.2, 0.25) is 0 Å². The number of halogens is 5. The normalized spacial score (nSPS) is 31.1. The van der Waals surface area contributed by atoms with Crippen LogP contribution in [0.25, 0.3) is 0 Å². The maximum Gasteiger partial charge on any atom is 0.335 e. The van der Waals surface area contributed by atoms with Gasteiger partial charge in [0.2, 0.25) is 11.8 Å². The van der Waals surface area contributed by atoms with Crippen molar-refractivity contribution < 1.29 is 38.9 Å². The van der Waals surface area contributed by atoms with Crippen molar-refractivity contribution in [1.29, 1.82) is 0 Å². The lowest BCUT2D eigenvalue weighted by molar-refractivity contribution is -0.138. The third-order valence-electron chi connectivity index (χ3n) is 9.07. The van der Waals surface area contributed by atoms with Gasteiger partial charge in [0.1, 0.15) is 0 Å². The lowest BCUT2D eigenvalue weighted by Gasteiger charge is -2.51. The van der Waals surface area contributed by atoms with Crippen molar-refractivity contribution >= 4 is 106 Å². The number of fused-ring (bicyclic) bond motifs is 4. The van der Waals surface area contributed by atoms with Gasteiger partial charge >= 0.3 is 5.97 Å². The maximum atomic E-state index is 14.2. The molecule has 2 N–H and O–H groups in total. The number of hydrogen-bond acceptors (Lipinski definition) is 7. The first-order valence-corrected chi connectivity index (χ1v) is 16.7. The third-order valence-corrected chi connectivity index (χ3v) is 13.1. The monoisotopic (exact) mass is 832 g/mol. The quantitative estimate of drug-likeness (QED) is 0.173. The number of anilines is 1. The molecule has 0 radical (unpaired) electrons. The van der Waals surface area contributed by atoms with Crippen molar-refractivity contribution in [3.05, 3.63) is 62.1 Å². The Hall–Kier alpha value is -2.45. The summed E-state index contributed by atoms with van der Waals surface area (Å²) in [5, 5.41) is 20.1. The van der Waals surface area contributed by atoms with Crippen LogP contribution < -0.4 is 9.64 Å². The van der Waals surface area contributed by atoms with Gasteiger partial charge < -0.3 is 14.9 Å². The SMILES string of the molecule is COc1cc([C@H]2C3=CC[C@@H]4C(=O)N(c5cccc(C(=O)O)c5)C(=O)[C@@H]4[C@@H]3C[C@@]3(Cl)C(=O)N(CBr)C(=O)[C@@]23Cl)c(Br)c(Br)c1O. The predicted octanol–water partition coefficient (Wildman–Crippen LogP) is 5.54. The number of aromatic hydroxyl groups is 1. The molecule has 1 saturated carbocycles. The van der Waals surface area contributed by atoms with Gasteiger partial charge in [0.15, 0.2) is 21.2 Å². The molecule has 2 aromatic carbocycles. The summed E-state index contributed by atoms with van der Waals surface area (Å²) in [5.74, 6) is -7.65. The van der Waals surface area contributed by atoms with Crippen LogP contribution >= 0.6 is 71.0 Å². The minimum Gasteiger partial charge on any atom is -0.503 e. The van der Waals surface area contributed by atoms with Crippen molar-refractivity contribution in [1.82, 2.24) is 4.90 Å². The number of carbonyl (C=O) groups excluding carboxylic acids is 4. The molecule has 6 rings (SSSR count). The van der Waals surface area contributed by atoms with Gasteiger partial charge in [0.25, 0.3) is 11.8 Å². The van der Waals surface area contributed by atoms with Crippen LogP contribution in [0.4, 0.5) is 5.69 Å². The highest BCUT2D eigenvalue weighted by molar-refractivity contribution is 9.13. The van der Waals surface area contributed by atoms with E-state index in [9.17, 15) is 34.2 Å². The summed E-state index contributed by atoms with van der Waals surface area (Å²) in [6, 6.07) is 7.03. The van der Waals surface area contributed by atoms with Gasteiger partial charge in [-0.05, 0) is 80.4 Å². The van der Waals surface area contributed by atoms with Crippen LogP contribution in [-0.2, 0) is 19.2 Å². The molecule has 2 aliphatic carbocycles. The first-order chi connectivity index (χ1) is 20.7. The first-order valence-electron chi connectivity index (χ1n) is 13.2. The van der Waals surface area contributed by atoms with Gasteiger partial charge in [-0.2, -0.15) is 0 Å². The number of aromatic carboxylic acids is 1. The predicted molar refractivity (Wildman–Crippen MR) is 169 cm³/mol. The van der Waals surface area contributed by atoms with Crippen LogP contribution in [0.15, 0.2) is 50.9 Å². The minimum atomic E-state index is -2.06. The van der Waals surface area contributed by atoms with Gasteiger partial charge in [-0.3, -0.25) is 29.0 Å². The molecule has 10 nitrogen and oxygen atoms in total. The summed E-state index contributed by atoms with van der Waals surface area (Å²) in [6.07, 6.45) is 1.67. The third kappa shape index (κ3) is 4.04. The second-order valence-electron chi connectivity index (χ2n) is 11.0. The number of methoxy groups -OCH3 is 1. The van der Waals surface area contributed by atoms with Crippen molar-refractivity contribution in [2.75, 3.05) is 17.5 Å². The largest absolute Gasteiger partial charge is 0.503 e. The van der Waals surface area contributed by atoms with E-state index in [0.717, 1.165) is 9.80 Å². The number of carboxylic acid groups (broad SMARTS) is 1. The van der Waals surface area contributed by atoms with Gasteiger partial charge in [0.05, 0.1) is 40.1 Å². The first kappa shape index (κ1) is 31.5. The Morgan fingerprint density at radius 3 is 2.41 bits per heavy atom. The van der Waals surface area contributed by atoms with Crippen molar-refractivity contribution in [2.45, 2.75) is 28.5 Å². The molecule has 230 valence electrons. The topological polar surface area (TPSA) is 142 Å². The van der Waals surface area contributed by atoms with Crippen LogP contribution in [0.5, 0.6) is 11.5 Å². The molecule has 2 aromatic rings. The Morgan fingerprint density at radius 2 is 1.77 bits per heavy atom. The van der Waals surface area contributed by atoms with Crippen LogP contribution in [0.1, 0.15) is 34.7 Å². The molecular weight excluding hydrogens is 815 g/mol. The number of rotatable bonds is 5. The van der Waals surface area contributed by atoms with E-state index >= 15 is 0 Å². The number of hydrogen-bond donors (Lipinski definition) is 2. The van der Waals surface area contributed by atoms with E-state index < -0.39 is 63.0 Å². The van der Waals surface area contributed by atoms with Crippen molar-refractivity contribution in [3.8, 4) is 11.5 Å². The Labute approximate surface area is 285 Å². The number of allylic oxidation sites excluding steroid dienone is 2. The number of phenolic OH excluding ortho intramolecular Hbond substituents is 1. The molecule has 0 bridgehead atoms. The summed E-state index contributed by atoms with van der Waals surface area (Å²) in [4.78, 5) is 65.2. The minimum absolute atomic E-state index is 0.0534. The summed E-state index contributed by atoms with van der Waals surface area (Å²) >= 11 is 24.6. The Morgan fingerprint density at radius 1 is 1.07 bits per heavy atom. The van der Waals surface area contributed by atoms with E-state index in [1.165, 1.54) is 37.4 Å². The summed E-state index contributed by atoms with van der Waals surface area (Å²) in [6.45, 7) is 0. The zero-order chi connectivity index (χ0) is 32.0. The van der Waals surface area contributed by atoms with Gasteiger partial charge in [-0.25, -0.2) is 4.79 Å². The number of phenols is 1. The van der Waals surface area contributed by atoms with E-state index in [1.54, 1.807) is 6.08 Å². The zero-order valence-corrected chi connectivity index (χ0v) is 28.8. The number of alkyl halides is 3. The molecular formula is C29H21Br3Cl2N2O8. The smallest absolute Gasteiger partial charge is 0.335 e. The number of nitrogens with zero attached hydrogens (tertiary/aromatic N) is 2. The second kappa shape index (κ2) is 10.8. The molecule has 2 saturated heterocycles. The molecule has 15 heteroatoms. The lowest BCUT2D eigenvalue weighted by Crippen LogP contribution is -2.60. The summed E-state index contributed by atoms with van der Waals surface area (Å²) in [5.41, 5.74) is 0.746. The van der Waals surface area contributed by atoms with E-state index in [1.807, 2.05) is 0 Å². The number of imide groups is 2. The maximum absolute atomic E-state index is 14.2. The fourth-order valence-corrected chi connectivity index (χ4v) is 9.48. The van der Waals surface area contributed by atoms with Crippen LogP contribution in [0.3, 0.4) is 0 Å². The number of carbonyl (C=O) groups is 5. The van der Waals surface area contributed by atoms with Crippen LogP contribution in [0, 0.1) is 17.8 Å². The van der Waals surface area contributed by atoms with E-state index in [0.29, 0.717) is 15.6 Å². The van der Waals surface area contributed by atoms with E-state index in [2.05, 4.69) is 47.8 Å². The number of amides is 4. The van der Waals surface area contributed by atoms with Gasteiger partial charge in [0, 0.05) is 10.4 Å². The lowest BCUT2D eigenvalue weighted by atomic mass is 9.56. The molecule has 4 amide bonds.